The number of nitrogens with zero attached hydrogens (tertiary/aromatic N) is 3. The molecule has 0 aromatic carbocycles. The van der Waals surface area contributed by atoms with E-state index < -0.39 is 0 Å². The number of aromatic nitrogens is 3. The molecule has 1 N–H and O–H groups in total. The Morgan fingerprint density at radius 3 is 3.06 bits per heavy atom. The zero-order valence-electron chi connectivity index (χ0n) is 11.5. The predicted octanol–water partition coefficient (Wildman–Crippen LogP) is 2.48. The standard InChI is InChI=1S/C13H24N4S/c1-3-8-14-11(2)10-18-13-16-15-12-7-5-4-6-9-17(12)13/h11,14H,3-10H2,1-2H3. The van der Waals surface area contributed by atoms with Gasteiger partial charge in [-0.05, 0) is 32.7 Å². The molecule has 102 valence electrons. The van der Waals surface area contributed by atoms with Crippen molar-refractivity contribution in [3.8, 4) is 0 Å². The van der Waals surface area contributed by atoms with E-state index in [1.54, 1.807) is 0 Å². The number of hydrogen-bond acceptors (Lipinski definition) is 4. The first-order valence-electron chi connectivity index (χ1n) is 7.09. The average molecular weight is 268 g/mol. The highest BCUT2D eigenvalue weighted by Gasteiger charge is 2.15. The molecule has 0 fully saturated rings. The lowest BCUT2D eigenvalue weighted by Crippen LogP contribution is -2.28. The van der Waals surface area contributed by atoms with E-state index in [0.717, 1.165) is 30.4 Å². The van der Waals surface area contributed by atoms with Crippen LogP contribution in [0.2, 0.25) is 0 Å². The molecule has 1 atom stereocenters. The van der Waals surface area contributed by atoms with Gasteiger partial charge in [-0.25, -0.2) is 0 Å². The molecule has 0 spiro atoms. The third kappa shape index (κ3) is 3.72. The van der Waals surface area contributed by atoms with Gasteiger partial charge in [0, 0.05) is 24.8 Å². The zero-order valence-corrected chi connectivity index (χ0v) is 12.3. The van der Waals surface area contributed by atoms with Crippen molar-refractivity contribution in [3.05, 3.63) is 5.82 Å². The van der Waals surface area contributed by atoms with Crippen LogP contribution < -0.4 is 5.32 Å². The Morgan fingerprint density at radius 2 is 2.22 bits per heavy atom. The van der Waals surface area contributed by atoms with Gasteiger partial charge >= 0.3 is 0 Å². The van der Waals surface area contributed by atoms with E-state index in [2.05, 4.69) is 33.9 Å². The summed E-state index contributed by atoms with van der Waals surface area (Å²) in [5, 5.41) is 13.3. The monoisotopic (exact) mass is 268 g/mol. The van der Waals surface area contributed by atoms with Crippen LogP contribution >= 0.6 is 11.8 Å². The average Bonchev–Trinajstić information content (AvgIpc) is 2.61. The Balaban J connectivity index is 1.87. The third-order valence-corrected chi connectivity index (χ3v) is 4.51. The molecule has 0 aliphatic carbocycles. The summed E-state index contributed by atoms with van der Waals surface area (Å²) >= 11 is 1.84. The van der Waals surface area contributed by atoms with Crippen LogP contribution in [0.1, 0.15) is 45.4 Å². The van der Waals surface area contributed by atoms with E-state index in [1.165, 1.54) is 31.5 Å². The van der Waals surface area contributed by atoms with Gasteiger partial charge in [0.15, 0.2) is 5.16 Å². The van der Waals surface area contributed by atoms with Crippen molar-refractivity contribution in [2.45, 2.75) is 63.7 Å². The molecule has 0 amide bonds. The van der Waals surface area contributed by atoms with Crippen LogP contribution in [-0.4, -0.2) is 33.1 Å². The van der Waals surface area contributed by atoms with Crippen molar-refractivity contribution >= 4 is 11.8 Å². The minimum Gasteiger partial charge on any atom is -0.313 e. The first-order chi connectivity index (χ1) is 8.81. The van der Waals surface area contributed by atoms with Crippen LogP contribution in [-0.2, 0) is 13.0 Å². The number of rotatable bonds is 6. The molecule has 0 saturated heterocycles. The summed E-state index contributed by atoms with van der Waals surface area (Å²) in [6, 6.07) is 0.536. The Morgan fingerprint density at radius 1 is 1.33 bits per heavy atom. The molecule has 4 nitrogen and oxygen atoms in total. The Bertz CT molecular complexity index is 364. The highest BCUT2D eigenvalue weighted by molar-refractivity contribution is 7.99. The van der Waals surface area contributed by atoms with Gasteiger partial charge in [0.25, 0.3) is 0 Å². The molecule has 0 saturated carbocycles. The van der Waals surface area contributed by atoms with Crippen LogP contribution in [0.5, 0.6) is 0 Å². The molecule has 0 bridgehead atoms. The van der Waals surface area contributed by atoms with Crippen LogP contribution in [0.15, 0.2) is 5.16 Å². The Hall–Kier alpha value is -0.550. The summed E-state index contributed by atoms with van der Waals surface area (Å²) in [4.78, 5) is 0. The normalized spacial score (nSPS) is 17.2. The lowest BCUT2D eigenvalue weighted by atomic mass is 10.2. The van der Waals surface area contributed by atoms with Crippen molar-refractivity contribution < 1.29 is 0 Å². The SMILES string of the molecule is CCCNC(C)CSc1nnc2n1CCCCC2. The first-order valence-corrected chi connectivity index (χ1v) is 8.08. The van der Waals surface area contributed by atoms with Crippen LogP contribution in [0.25, 0.3) is 0 Å². The molecule has 0 radical (unpaired) electrons. The van der Waals surface area contributed by atoms with Gasteiger partial charge < -0.3 is 9.88 Å². The Kier molecular flexibility index (Phi) is 5.50. The van der Waals surface area contributed by atoms with Gasteiger partial charge in [0.05, 0.1) is 0 Å². The number of nitrogens with one attached hydrogen (secondary N) is 1. The molecule has 2 heterocycles. The van der Waals surface area contributed by atoms with Gasteiger partial charge in [0.1, 0.15) is 5.82 Å². The maximum atomic E-state index is 4.34. The van der Waals surface area contributed by atoms with Crippen LogP contribution in [0, 0.1) is 0 Å². The second kappa shape index (κ2) is 7.14. The van der Waals surface area contributed by atoms with E-state index in [9.17, 15) is 0 Å². The molecular formula is C13H24N4S. The van der Waals surface area contributed by atoms with Gasteiger partial charge in [0.2, 0.25) is 0 Å². The van der Waals surface area contributed by atoms with E-state index in [4.69, 9.17) is 0 Å². The third-order valence-electron chi connectivity index (χ3n) is 3.28. The van der Waals surface area contributed by atoms with Gasteiger partial charge in [-0.2, -0.15) is 0 Å². The zero-order chi connectivity index (χ0) is 12.8. The lowest BCUT2D eigenvalue weighted by Gasteiger charge is -2.12. The highest BCUT2D eigenvalue weighted by atomic mass is 32.2. The van der Waals surface area contributed by atoms with Crippen molar-refractivity contribution in [1.29, 1.82) is 0 Å². The fourth-order valence-electron chi connectivity index (χ4n) is 2.21. The number of aryl methyl sites for hydroxylation is 1. The highest BCUT2D eigenvalue weighted by Crippen LogP contribution is 2.22. The van der Waals surface area contributed by atoms with E-state index >= 15 is 0 Å². The Labute approximate surface area is 114 Å². The summed E-state index contributed by atoms with van der Waals surface area (Å²) in [6.07, 6.45) is 6.13. The predicted molar refractivity (Wildman–Crippen MR) is 76.1 cm³/mol. The minimum atomic E-state index is 0.536. The first kappa shape index (κ1) is 13.9. The van der Waals surface area contributed by atoms with Crippen molar-refractivity contribution in [2.75, 3.05) is 12.3 Å². The van der Waals surface area contributed by atoms with E-state index in [-0.39, 0.29) is 0 Å². The molecule has 1 aliphatic heterocycles. The largest absolute Gasteiger partial charge is 0.313 e. The summed E-state index contributed by atoms with van der Waals surface area (Å²) in [5.74, 6) is 2.25. The van der Waals surface area contributed by atoms with Gasteiger partial charge in [-0.3, -0.25) is 0 Å². The number of fused-ring (bicyclic) bond motifs is 1. The molecule has 1 aromatic rings. The lowest BCUT2D eigenvalue weighted by molar-refractivity contribution is 0.580. The topological polar surface area (TPSA) is 42.7 Å². The van der Waals surface area contributed by atoms with Crippen molar-refractivity contribution in [3.63, 3.8) is 0 Å². The van der Waals surface area contributed by atoms with E-state index in [1.807, 2.05) is 11.8 Å². The number of hydrogen-bond donors (Lipinski definition) is 1. The van der Waals surface area contributed by atoms with Crippen LogP contribution in [0.3, 0.4) is 0 Å². The van der Waals surface area contributed by atoms with Gasteiger partial charge in [-0.15, -0.1) is 10.2 Å². The molecule has 1 unspecified atom stereocenters. The molecule has 18 heavy (non-hydrogen) atoms. The molecule has 2 rings (SSSR count). The van der Waals surface area contributed by atoms with Gasteiger partial charge in [-0.1, -0.05) is 25.1 Å². The maximum absolute atomic E-state index is 4.34. The summed E-state index contributed by atoms with van der Waals surface area (Å²) < 4.78 is 2.32. The van der Waals surface area contributed by atoms with Crippen molar-refractivity contribution in [2.24, 2.45) is 0 Å². The van der Waals surface area contributed by atoms with Crippen LogP contribution in [0.4, 0.5) is 0 Å². The molecular weight excluding hydrogens is 244 g/mol. The quantitative estimate of drug-likeness (QED) is 0.805. The van der Waals surface area contributed by atoms with Crippen molar-refractivity contribution in [1.82, 2.24) is 20.1 Å². The molecule has 1 aromatic heterocycles. The number of thioether (sulfide) groups is 1. The minimum absolute atomic E-state index is 0.536. The maximum Gasteiger partial charge on any atom is 0.191 e. The fourth-order valence-corrected chi connectivity index (χ4v) is 3.18. The smallest absolute Gasteiger partial charge is 0.191 e. The molecule has 1 aliphatic rings. The fraction of sp³-hybridized carbons (Fsp3) is 0.846. The van der Waals surface area contributed by atoms with E-state index in [0.29, 0.717) is 6.04 Å². The summed E-state index contributed by atoms with van der Waals surface area (Å²) in [5.41, 5.74) is 0. The second-order valence-electron chi connectivity index (χ2n) is 5.03. The summed E-state index contributed by atoms with van der Waals surface area (Å²) in [6.45, 7) is 6.63. The molecule has 5 heteroatoms. The second-order valence-corrected chi connectivity index (χ2v) is 6.01. The summed E-state index contributed by atoms with van der Waals surface area (Å²) in [7, 11) is 0.